The van der Waals surface area contributed by atoms with Crippen molar-refractivity contribution in [3.05, 3.63) is 51.7 Å². The molecular formula is C19H21FN3OS+. The monoisotopic (exact) mass is 358 g/mol. The molecule has 0 saturated carbocycles. The molecule has 3 rings (SSSR count). The van der Waals surface area contributed by atoms with E-state index in [0.717, 1.165) is 41.7 Å². The van der Waals surface area contributed by atoms with Crippen molar-refractivity contribution in [2.24, 2.45) is 0 Å². The lowest BCUT2D eigenvalue weighted by atomic mass is 9.96. The molecule has 0 saturated heterocycles. The molecule has 1 atom stereocenters. The molecule has 0 spiro atoms. The quantitative estimate of drug-likeness (QED) is 0.862. The highest BCUT2D eigenvalue weighted by Crippen LogP contribution is 2.37. The Kier molecular flexibility index (Phi) is 5.47. The molecule has 1 aromatic heterocycles. The Bertz CT molecular complexity index is 807. The van der Waals surface area contributed by atoms with Gasteiger partial charge in [-0.1, -0.05) is 12.1 Å². The number of likely N-dealkylation sites (N-methyl/N-ethyl adjacent to an activating group) is 1. The minimum atomic E-state index is -0.259. The average molecular weight is 358 g/mol. The molecular weight excluding hydrogens is 337 g/mol. The topological polar surface area (TPSA) is 57.3 Å². The van der Waals surface area contributed by atoms with Crippen molar-refractivity contribution in [3.8, 4) is 6.07 Å². The predicted octanol–water partition coefficient (Wildman–Crippen LogP) is 2.29. The number of carbonyl (C=O) groups is 1. The van der Waals surface area contributed by atoms with Gasteiger partial charge >= 0.3 is 0 Å². The fraction of sp³-hybridized carbons (Fsp3) is 0.368. The Morgan fingerprint density at radius 2 is 2.04 bits per heavy atom. The number of amides is 1. The van der Waals surface area contributed by atoms with Crippen LogP contribution >= 0.6 is 11.3 Å². The Balaban J connectivity index is 1.62. The third-order valence-corrected chi connectivity index (χ3v) is 5.62. The second-order valence-electron chi connectivity index (χ2n) is 6.51. The second-order valence-corrected chi connectivity index (χ2v) is 7.62. The van der Waals surface area contributed by atoms with Gasteiger partial charge in [0.15, 0.2) is 6.54 Å². The van der Waals surface area contributed by atoms with Crippen molar-refractivity contribution in [2.45, 2.75) is 32.2 Å². The van der Waals surface area contributed by atoms with E-state index in [1.807, 2.05) is 7.05 Å². The first-order chi connectivity index (χ1) is 12.1. The van der Waals surface area contributed by atoms with Crippen LogP contribution in [0.4, 0.5) is 9.39 Å². The highest BCUT2D eigenvalue weighted by Gasteiger charge is 2.22. The maximum absolute atomic E-state index is 12.9. The van der Waals surface area contributed by atoms with Crippen molar-refractivity contribution in [1.29, 1.82) is 5.26 Å². The van der Waals surface area contributed by atoms with Gasteiger partial charge in [-0.05, 0) is 43.4 Å². The Hall–Kier alpha value is -2.23. The normalized spacial score (nSPS) is 14.4. The summed E-state index contributed by atoms with van der Waals surface area (Å²) >= 11 is 1.54. The first kappa shape index (κ1) is 17.6. The minimum absolute atomic E-state index is 0.102. The molecule has 1 amide bonds. The van der Waals surface area contributed by atoms with Gasteiger partial charge in [0.1, 0.15) is 23.4 Å². The summed E-state index contributed by atoms with van der Waals surface area (Å²) in [6, 6.07) is 8.59. The number of nitriles is 1. The number of anilines is 1. The number of thiophene rings is 1. The van der Waals surface area contributed by atoms with Crippen LogP contribution in [0.1, 0.15) is 34.4 Å². The Morgan fingerprint density at radius 3 is 2.76 bits per heavy atom. The summed E-state index contributed by atoms with van der Waals surface area (Å²) in [7, 11) is 1.92. The van der Waals surface area contributed by atoms with Crippen molar-refractivity contribution >= 4 is 22.2 Å². The molecule has 2 N–H and O–H groups in total. The van der Waals surface area contributed by atoms with Crippen LogP contribution in [-0.2, 0) is 24.2 Å². The van der Waals surface area contributed by atoms with E-state index in [4.69, 9.17) is 0 Å². The summed E-state index contributed by atoms with van der Waals surface area (Å²) < 4.78 is 12.9. The van der Waals surface area contributed by atoms with E-state index in [2.05, 4.69) is 11.4 Å². The van der Waals surface area contributed by atoms with Crippen LogP contribution in [-0.4, -0.2) is 19.5 Å². The Labute approximate surface area is 150 Å². The lowest BCUT2D eigenvalue weighted by Crippen LogP contribution is -3.08. The van der Waals surface area contributed by atoms with Crippen LogP contribution in [0.15, 0.2) is 24.3 Å². The summed E-state index contributed by atoms with van der Waals surface area (Å²) in [6.07, 6.45) is 4.19. The molecule has 130 valence electrons. The molecule has 1 aliphatic rings. The summed E-state index contributed by atoms with van der Waals surface area (Å²) in [4.78, 5) is 14.6. The number of nitrogens with one attached hydrogen (secondary N) is 2. The summed E-state index contributed by atoms with van der Waals surface area (Å²) in [5, 5.41) is 13.1. The third-order valence-electron chi connectivity index (χ3n) is 4.42. The maximum Gasteiger partial charge on any atom is 0.280 e. The number of nitrogens with zero attached hydrogens (tertiary/aromatic N) is 1. The number of carbonyl (C=O) groups excluding carboxylic acids is 1. The van der Waals surface area contributed by atoms with Crippen LogP contribution in [0.25, 0.3) is 0 Å². The van der Waals surface area contributed by atoms with E-state index in [1.54, 1.807) is 23.5 Å². The van der Waals surface area contributed by atoms with E-state index in [0.29, 0.717) is 23.7 Å². The van der Waals surface area contributed by atoms with E-state index >= 15 is 0 Å². The lowest BCUT2D eigenvalue weighted by molar-refractivity contribution is -0.885. The van der Waals surface area contributed by atoms with Crippen LogP contribution in [0.3, 0.4) is 0 Å². The summed E-state index contributed by atoms with van der Waals surface area (Å²) in [5.41, 5.74) is 2.75. The molecule has 1 aromatic carbocycles. The number of hydrogen-bond acceptors (Lipinski definition) is 3. The predicted molar refractivity (Wildman–Crippen MR) is 96.2 cm³/mol. The molecule has 1 unspecified atom stereocenters. The molecule has 0 fully saturated rings. The van der Waals surface area contributed by atoms with Gasteiger partial charge in [0.2, 0.25) is 0 Å². The van der Waals surface area contributed by atoms with Crippen molar-refractivity contribution in [2.75, 3.05) is 18.9 Å². The van der Waals surface area contributed by atoms with E-state index in [9.17, 15) is 14.4 Å². The number of halogens is 1. The Morgan fingerprint density at radius 1 is 1.32 bits per heavy atom. The second kappa shape index (κ2) is 7.77. The SMILES string of the molecule is C[NH+](CC(=O)Nc1sc2c(c1C#N)CCCC2)Cc1ccc(F)cc1. The van der Waals surface area contributed by atoms with Crippen LogP contribution in [0.5, 0.6) is 0 Å². The van der Waals surface area contributed by atoms with E-state index in [-0.39, 0.29) is 11.7 Å². The fourth-order valence-electron chi connectivity index (χ4n) is 3.23. The number of fused-ring (bicyclic) bond motifs is 1. The smallest absolute Gasteiger partial charge is 0.280 e. The van der Waals surface area contributed by atoms with Gasteiger partial charge < -0.3 is 10.2 Å². The first-order valence-electron chi connectivity index (χ1n) is 8.47. The highest BCUT2D eigenvalue weighted by atomic mass is 32.1. The zero-order valence-corrected chi connectivity index (χ0v) is 15.0. The summed E-state index contributed by atoms with van der Waals surface area (Å²) in [5.74, 6) is -0.362. The number of hydrogen-bond donors (Lipinski definition) is 2. The van der Waals surface area contributed by atoms with Gasteiger partial charge in [-0.2, -0.15) is 5.26 Å². The zero-order valence-electron chi connectivity index (χ0n) is 14.2. The average Bonchev–Trinajstić information content (AvgIpc) is 2.93. The number of rotatable bonds is 5. The molecule has 0 bridgehead atoms. The summed E-state index contributed by atoms with van der Waals surface area (Å²) in [6.45, 7) is 0.935. The molecule has 1 aliphatic carbocycles. The van der Waals surface area contributed by atoms with Gasteiger partial charge in [0.25, 0.3) is 5.91 Å². The third kappa shape index (κ3) is 4.25. The fourth-order valence-corrected chi connectivity index (χ4v) is 4.49. The first-order valence-corrected chi connectivity index (χ1v) is 9.28. The van der Waals surface area contributed by atoms with E-state index in [1.165, 1.54) is 17.0 Å². The molecule has 6 heteroatoms. The standard InChI is InChI=1S/C19H20FN3OS/c1-23(11-13-6-8-14(20)9-7-13)12-18(24)22-19-16(10-21)15-4-2-3-5-17(15)25-19/h6-9H,2-5,11-12H2,1H3,(H,22,24)/p+1. The van der Waals surface area contributed by atoms with Crippen LogP contribution in [0, 0.1) is 17.1 Å². The zero-order chi connectivity index (χ0) is 17.8. The highest BCUT2D eigenvalue weighted by molar-refractivity contribution is 7.16. The van der Waals surface area contributed by atoms with E-state index < -0.39 is 0 Å². The molecule has 1 heterocycles. The minimum Gasteiger partial charge on any atom is -0.326 e. The van der Waals surface area contributed by atoms with Crippen LogP contribution in [0.2, 0.25) is 0 Å². The van der Waals surface area contributed by atoms with Crippen molar-refractivity contribution in [1.82, 2.24) is 0 Å². The molecule has 4 nitrogen and oxygen atoms in total. The van der Waals surface area contributed by atoms with Crippen molar-refractivity contribution < 1.29 is 14.1 Å². The van der Waals surface area contributed by atoms with Gasteiger partial charge in [-0.3, -0.25) is 4.79 Å². The number of quaternary nitrogens is 1. The largest absolute Gasteiger partial charge is 0.326 e. The van der Waals surface area contributed by atoms with Gasteiger partial charge in [0.05, 0.1) is 12.6 Å². The number of benzene rings is 1. The molecule has 2 aromatic rings. The van der Waals surface area contributed by atoms with Crippen molar-refractivity contribution in [3.63, 3.8) is 0 Å². The maximum atomic E-state index is 12.9. The molecule has 0 radical (unpaired) electrons. The lowest BCUT2D eigenvalue weighted by Gasteiger charge is -2.13. The van der Waals surface area contributed by atoms with Gasteiger partial charge in [0, 0.05) is 10.4 Å². The van der Waals surface area contributed by atoms with Crippen LogP contribution < -0.4 is 10.2 Å². The van der Waals surface area contributed by atoms with Gasteiger partial charge in [-0.25, -0.2) is 4.39 Å². The molecule has 0 aliphatic heterocycles. The number of aryl methyl sites for hydroxylation is 1. The molecule has 25 heavy (non-hydrogen) atoms. The van der Waals surface area contributed by atoms with Gasteiger partial charge in [-0.15, -0.1) is 11.3 Å².